The Morgan fingerprint density at radius 1 is 1.09 bits per heavy atom. The van der Waals surface area contributed by atoms with E-state index in [1.54, 1.807) is 35.2 Å². The highest BCUT2D eigenvalue weighted by molar-refractivity contribution is 6.21. The molecule has 1 saturated heterocycles. The number of ether oxygens (including phenoxy) is 1. The van der Waals surface area contributed by atoms with Crippen molar-refractivity contribution in [1.29, 1.82) is 5.26 Å². The second-order valence-corrected chi connectivity index (χ2v) is 8.69. The van der Waals surface area contributed by atoms with Gasteiger partial charge in [-0.15, -0.1) is 0 Å². The third-order valence-corrected chi connectivity index (χ3v) is 6.78. The Morgan fingerprint density at radius 2 is 1.83 bits per heavy atom. The van der Waals surface area contributed by atoms with E-state index in [-0.39, 0.29) is 18.0 Å². The number of hydrogen-bond donors (Lipinski definition) is 0. The summed E-state index contributed by atoms with van der Waals surface area (Å²) in [4.78, 5) is 29.9. The summed E-state index contributed by atoms with van der Waals surface area (Å²) in [5.41, 5.74) is 5.02. The molecule has 174 valence electrons. The molecule has 5 rings (SSSR count). The Hall–Kier alpha value is -4.37. The highest BCUT2D eigenvalue weighted by atomic mass is 16.5. The van der Waals surface area contributed by atoms with Gasteiger partial charge in [0.05, 0.1) is 23.4 Å². The van der Waals surface area contributed by atoms with E-state index in [0.717, 1.165) is 22.3 Å². The first-order valence-corrected chi connectivity index (χ1v) is 11.7. The van der Waals surface area contributed by atoms with E-state index in [2.05, 4.69) is 12.6 Å². The lowest BCUT2D eigenvalue weighted by Crippen LogP contribution is -2.43. The number of imide groups is 1. The standard InChI is InChI=1S/C29H25N3O3/c1-3-22-24-16-26-28(33)31(21-8-6-5-7-9-21)29(34)32(26)25(4-2)23(24)14-15-27(22)35-18-20-12-10-19(17-30)11-13-20/h3,5-15,25-26H,1,4,16,18H2,2H3/t25?,26-/m0/s1. The van der Waals surface area contributed by atoms with Crippen LogP contribution >= 0.6 is 0 Å². The van der Waals surface area contributed by atoms with Gasteiger partial charge in [-0.3, -0.25) is 4.79 Å². The normalized spacial score (nSPS) is 18.6. The van der Waals surface area contributed by atoms with Crippen LogP contribution < -0.4 is 9.64 Å². The van der Waals surface area contributed by atoms with Crippen molar-refractivity contribution in [3.63, 3.8) is 0 Å². The molecule has 3 amide bonds. The minimum atomic E-state index is -0.562. The van der Waals surface area contributed by atoms with Crippen LogP contribution in [0.3, 0.4) is 0 Å². The van der Waals surface area contributed by atoms with E-state index >= 15 is 0 Å². The van der Waals surface area contributed by atoms with Crippen LogP contribution in [-0.4, -0.2) is 22.9 Å². The second kappa shape index (κ2) is 9.11. The molecular formula is C29H25N3O3. The van der Waals surface area contributed by atoms with Gasteiger partial charge in [-0.25, -0.2) is 9.69 Å². The topological polar surface area (TPSA) is 73.6 Å². The number of nitrogens with zero attached hydrogens (tertiary/aromatic N) is 3. The quantitative estimate of drug-likeness (QED) is 0.445. The van der Waals surface area contributed by atoms with Gasteiger partial charge in [-0.1, -0.05) is 56.0 Å². The summed E-state index contributed by atoms with van der Waals surface area (Å²) in [6.07, 6.45) is 2.87. The largest absolute Gasteiger partial charge is 0.488 e. The van der Waals surface area contributed by atoms with Gasteiger partial charge in [0.25, 0.3) is 5.91 Å². The van der Waals surface area contributed by atoms with Crippen molar-refractivity contribution in [1.82, 2.24) is 4.90 Å². The molecule has 35 heavy (non-hydrogen) atoms. The Kier molecular flexibility index (Phi) is 5.84. The van der Waals surface area contributed by atoms with Gasteiger partial charge >= 0.3 is 6.03 Å². The summed E-state index contributed by atoms with van der Waals surface area (Å²) >= 11 is 0. The molecule has 0 spiro atoms. The summed E-state index contributed by atoms with van der Waals surface area (Å²) in [5, 5.41) is 9.00. The molecule has 2 atom stereocenters. The summed E-state index contributed by atoms with van der Waals surface area (Å²) in [6, 6.07) is 21.4. The summed E-state index contributed by atoms with van der Waals surface area (Å²) < 4.78 is 6.14. The summed E-state index contributed by atoms with van der Waals surface area (Å²) in [6.45, 7) is 6.39. The average molecular weight is 464 g/mol. The third-order valence-electron chi connectivity index (χ3n) is 6.78. The molecular weight excluding hydrogens is 438 g/mol. The van der Waals surface area contributed by atoms with Crippen LogP contribution in [0.4, 0.5) is 10.5 Å². The molecule has 1 fully saturated rings. The lowest BCUT2D eigenvalue weighted by Gasteiger charge is -2.37. The average Bonchev–Trinajstić information content (AvgIpc) is 3.15. The molecule has 3 aromatic carbocycles. The molecule has 2 aliphatic heterocycles. The van der Waals surface area contributed by atoms with Crippen molar-refractivity contribution in [2.24, 2.45) is 0 Å². The SMILES string of the molecule is C=Cc1c(OCc2ccc(C#N)cc2)ccc2c1C[C@H]1C(=O)N(c3ccccc3)C(=O)N1C2CC. The molecule has 0 bridgehead atoms. The van der Waals surface area contributed by atoms with Crippen LogP contribution in [0.2, 0.25) is 0 Å². The van der Waals surface area contributed by atoms with Gasteiger partial charge in [0.15, 0.2) is 0 Å². The highest BCUT2D eigenvalue weighted by Gasteiger charge is 2.51. The summed E-state index contributed by atoms with van der Waals surface area (Å²) in [5.74, 6) is 0.479. The Balaban J connectivity index is 1.48. The van der Waals surface area contributed by atoms with Crippen molar-refractivity contribution in [3.8, 4) is 11.8 Å². The van der Waals surface area contributed by atoms with Crippen LogP contribution in [0, 0.1) is 11.3 Å². The first-order valence-electron chi connectivity index (χ1n) is 11.7. The van der Waals surface area contributed by atoms with Crippen LogP contribution in [0.5, 0.6) is 5.75 Å². The van der Waals surface area contributed by atoms with Gasteiger partial charge in [-0.2, -0.15) is 5.26 Å². The highest BCUT2D eigenvalue weighted by Crippen LogP contribution is 2.44. The number of fused-ring (bicyclic) bond motifs is 2. The van der Waals surface area contributed by atoms with Gasteiger partial charge in [0, 0.05) is 12.0 Å². The molecule has 6 heteroatoms. The number of anilines is 1. The number of carbonyl (C=O) groups excluding carboxylic acids is 2. The fourth-order valence-corrected chi connectivity index (χ4v) is 5.11. The van der Waals surface area contributed by atoms with E-state index in [1.165, 1.54) is 4.90 Å². The number of benzene rings is 3. The molecule has 0 aromatic heterocycles. The maximum absolute atomic E-state index is 13.5. The summed E-state index contributed by atoms with van der Waals surface area (Å²) in [7, 11) is 0. The van der Waals surface area contributed by atoms with Gasteiger partial charge in [0.1, 0.15) is 18.4 Å². The van der Waals surface area contributed by atoms with Crippen LogP contribution in [0.15, 0.2) is 73.3 Å². The molecule has 6 nitrogen and oxygen atoms in total. The number of urea groups is 1. The number of hydrogen-bond acceptors (Lipinski definition) is 4. The monoisotopic (exact) mass is 463 g/mol. The molecule has 0 aliphatic carbocycles. The van der Waals surface area contributed by atoms with Crippen molar-refractivity contribution >= 4 is 23.7 Å². The lowest BCUT2D eigenvalue weighted by molar-refractivity contribution is -0.120. The van der Waals surface area contributed by atoms with E-state index in [9.17, 15) is 9.59 Å². The molecule has 2 heterocycles. The second-order valence-electron chi connectivity index (χ2n) is 8.69. The van der Waals surface area contributed by atoms with Gasteiger partial charge < -0.3 is 9.64 Å². The lowest BCUT2D eigenvalue weighted by atomic mass is 9.84. The fourth-order valence-electron chi connectivity index (χ4n) is 5.11. The maximum Gasteiger partial charge on any atom is 0.332 e. The van der Waals surface area contributed by atoms with Crippen molar-refractivity contribution in [3.05, 3.63) is 101 Å². The predicted octanol–water partition coefficient (Wildman–Crippen LogP) is 5.62. The number of amides is 3. The van der Waals surface area contributed by atoms with Gasteiger partial charge in [-0.05, 0) is 53.4 Å². The molecule has 0 saturated carbocycles. The van der Waals surface area contributed by atoms with Gasteiger partial charge in [0.2, 0.25) is 0 Å². The maximum atomic E-state index is 13.5. The Morgan fingerprint density at radius 3 is 2.49 bits per heavy atom. The zero-order valence-electron chi connectivity index (χ0n) is 19.5. The smallest absolute Gasteiger partial charge is 0.332 e. The molecule has 0 N–H and O–H groups in total. The first kappa shape index (κ1) is 22.4. The van der Waals surface area contributed by atoms with Crippen LogP contribution in [0.25, 0.3) is 6.08 Å². The molecule has 1 unspecified atom stereocenters. The van der Waals surface area contributed by atoms with Crippen LogP contribution in [-0.2, 0) is 17.8 Å². The zero-order valence-corrected chi connectivity index (χ0v) is 19.5. The fraction of sp³-hybridized carbons (Fsp3) is 0.207. The van der Waals surface area contributed by atoms with E-state index < -0.39 is 6.04 Å². The van der Waals surface area contributed by atoms with Crippen molar-refractivity contribution in [2.75, 3.05) is 4.90 Å². The Bertz CT molecular complexity index is 1340. The minimum Gasteiger partial charge on any atom is -0.488 e. The number of para-hydroxylation sites is 1. The number of rotatable bonds is 6. The minimum absolute atomic E-state index is 0.204. The number of carbonyl (C=O) groups is 2. The predicted molar refractivity (Wildman–Crippen MR) is 134 cm³/mol. The van der Waals surface area contributed by atoms with E-state index in [1.807, 2.05) is 49.4 Å². The van der Waals surface area contributed by atoms with Crippen LogP contribution in [0.1, 0.15) is 47.2 Å². The molecule has 0 radical (unpaired) electrons. The Labute approximate surface area is 204 Å². The van der Waals surface area contributed by atoms with E-state index in [0.29, 0.717) is 36.4 Å². The zero-order chi connectivity index (χ0) is 24.5. The third kappa shape index (κ3) is 3.75. The molecule has 2 aliphatic rings. The number of nitriles is 1. The van der Waals surface area contributed by atoms with Crippen molar-refractivity contribution < 1.29 is 14.3 Å². The first-order chi connectivity index (χ1) is 17.1. The molecule has 3 aromatic rings. The van der Waals surface area contributed by atoms with Crippen molar-refractivity contribution in [2.45, 2.75) is 38.5 Å². The van der Waals surface area contributed by atoms with E-state index in [4.69, 9.17) is 10.00 Å².